The van der Waals surface area contributed by atoms with Crippen molar-refractivity contribution in [1.29, 1.82) is 0 Å². The molecule has 37 heavy (non-hydrogen) atoms. The number of nitrogens with one attached hydrogen (secondary N) is 1. The number of piperazine rings is 1. The lowest BCUT2D eigenvalue weighted by molar-refractivity contribution is -0.136. The molecule has 0 radical (unpaired) electrons. The van der Waals surface area contributed by atoms with Crippen molar-refractivity contribution in [3.8, 4) is 0 Å². The minimum absolute atomic E-state index is 0. The number of hydrogen-bond acceptors (Lipinski definition) is 6. The van der Waals surface area contributed by atoms with E-state index >= 15 is 0 Å². The van der Waals surface area contributed by atoms with Crippen LogP contribution in [0.4, 0.5) is 19.6 Å². The van der Waals surface area contributed by atoms with E-state index in [0.29, 0.717) is 35.7 Å². The lowest BCUT2D eigenvalue weighted by Crippen LogP contribution is -2.55. The Kier molecular flexibility index (Phi) is 6.63. The van der Waals surface area contributed by atoms with E-state index in [0.717, 1.165) is 17.8 Å². The van der Waals surface area contributed by atoms with Crippen molar-refractivity contribution in [2.24, 2.45) is 0 Å². The van der Waals surface area contributed by atoms with Gasteiger partial charge in [0.15, 0.2) is 16.8 Å². The van der Waals surface area contributed by atoms with Crippen LogP contribution < -0.4 is 9.62 Å². The van der Waals surface area contributed by atoms with Gasteiger partial charge in [0, 0.05) is 62.0 Å². The third-order valence-corrected chi connectivity index (χ3v) is 8.79. The number of amides is 1. The van der Waals surface area contributed by atoms with Crippen LogP contribution in [-0.2, 0) is 14.8 Å². The summed E-state index contributed by atoms with van der Waals surface area (Å²) in [5.41, 5.74) is 1.32. The molecule has 2 aromatic heterocycles. The van der Waals surface area contributed by atoms with Gasteiger partial charge in [-0.3, -0.25) is 9.52 Å². The molecule has 4 aromatic rings. The fourth-order valence-electron chi connectivity index (χ4n) is 4.65. The number of nitrogens with zero attached hydrogens (tertiary/aromatic N) is 4. The van der Waals surface area contributed by atoms with Gasteiger partial charge >= 0.3 is 0 Å². The number of hydrogen-bond donors (Lipinski definition) is 1. The topological polar surface area (TPSA) is 87.5 Å². The second-order valence-electron chi connectivity index (χ2n) is 8.99. The number of thiazole rings is 1. The average molecular weight is 548 g/mol. The maximum Gasteiger partial charge on any atom is 0.263 e. The molecule has 1 amide bonds. The molecular formula is C25H27F2N5O3S2. The third-order valence-electron chi connectivity index (χ3n) is 6.61. The second kappa shape index (κ2) is 9.75. The first-order chi connectivity index (χ1) is 17.6. The van der Waals surface area contributed by atoms with Gasteiger partial charge in [-0.25, -0.2) is 22.2 Å². The molecule has 5 rings (SSSR count). The summed E-state index contributed by atoms with van der Waals surface area (Å²) in [4.78, 5) is 21.4. The first-order valence-corrected chi connectivity index (χ1v) is 14.0. The van der Waals surface area contributed by atoms with Crippen molar-refractivity contribution in [2.75, 3.05) is 29.3 Å². The van der Waals surface area contributed by atoms with E-state index < -0.39 is 27.7 Å². The van der Waals surface area contributed by atoms with E-state index in [2.05, 4.69) is 14.6 Å². The zero-order valence-corrected chi connectivity index (χ0v) is 21.8. The zero-order valence-electron chi connectivity index (χ0n) is 20.1. The molecule has 196 valence electrons. The maximum atomic E-state index is 13.8. The molecular weight excluding hydrogens is 520 g/mol. The van der Waals surface area contributed by atoms with Crippen LogP contribution in [0.5, 0.6) is 0 Å². The van der Waals surface area contributed by atoms with E-state index in [4.69, 9.17) is 0 Å². The van der Waals surface area contributed by atoms with Crippen molar-refractivity contribution in [3.63, 3.8) is 0 Å². The Balaban J connectivity index is 0.00000336. The summed E-state index contributed by atoms with van der Waals surface area (Å²) >= 11 is 1.20. The predicted octanol–water partition coefficient (Wildman–Crippen LogP) is 4.72. The van der Waals surface area contributed by atoms with Crippen LogP contribution in [0.15, 0.2) is 65.1 Å². The zero-order chi connectivity index (χ0) is 26.3. The average Bonchev–Trinajstić information content (AvgIpc) is 3.53. The molecule has 1 N–H and O–H groups in total. The Morgan fingerprint density at radius 1 is 1.16 bits per heavy atom. The van der Waals surface area contributed by atoms with Gasteiger partial charge in [0.25, 0.3) is 10.0 Å². The number of carbonyl (C=O) groups excluding carboxylic acids is 1. The third kappa shape index (κ3) is 4.90. The van der Waals surface area contributed by atoms with Crippen LogP contribution in [0, 0.1) is 11.6 Å². The molecule has 3 heterocycles. The number of anilines is 2. The smallest absolute Gasteiger partial charge is 0.263 e. The molecule has 0 aliphatic carbocycles. The Morgan fingerprint density at radius 2 is 1.89 bits per heavy atom. The van der Waals surface area contributed by atoms with E-state index in [1.54, 1.807) is 58.3 Å². The highest BCUT2D eigenvalue weighted by Crippen LogP contribution is 2.27. The monoisotopic (exact) mass is 547 g/mol. The number of halogens is 2. The van der Waals surface area contributed by atoms with Gasteiger partial charge in [-0.05, 0) is 50.2 Å². The number of rotatable bonds is 6. The van der Waals surface area contributed by atoms with E-state index in [9.17, 15) is 22.0 Å². The van der Waals surface area contributed by atoms with Crippen molar-refractivity contribution in [3.05, 3.63) is 71.9 Å². The molecule has 0 spiro atoms. The van der Waals surface area contributed by atoms with Gasteiger partial charge in [0.1, 0.15) is 6.04 Å². The highest BCUT2D eigenvalue weighted by Gasteiger charge is 2.31. The molecule has 1 saturated heterocycles. The second-order valence-corrected chi connectivity index (χ2v) is 11.6. The SMILES string of the molecule is CC(C(=O)N1CCN(c2ccc(S(=O)(=O)Nc3nccs3)cc2)C[C@H]1C)n1ccc2cc(F)c(F)cc21.[HH]. The van der Waals surface area contributed by atoms with Gasteiger partial charge in [-0.15, -0.1) is 11.3 Å². The number of fused-ring (bicyclic) bond motifs is 1. The Hall–Kier alpha value is -3.51. The van der Waals surface area contributed by atoms with E-state index in [-0.39, 0.29) is 18.3 Å². The summed E-state index contributed by atoms with van der Waals surface area (Å²) in [5.74, 6) is -1.98. The molecule has 8 nitrogen and oxygen atoms in total. The lowest BCUT2D eigenvalue weighted by Gasteiger charge is -2.42. The molecule has 1 unspecified atom stereocenters. The van der Waals surface area contributed by atoms with Gasteiger partial charge in [-0.2, -0.15) is 0 Å². The molecule has 1 fully saturated rings. The fraction of sp³-hybridized carbons (Fsp3) is 0.280. The summed E-state index contributed by atoms with van der Waals surface area (Å²) in [6.45, 7) is 5.31. The molecule has 1 aliphatic rings. The first-order valence-electron chi connectivity index (χ1n) is 11.7. The Labute approximate surface area is 218 Å². The van der Waals surface area contributed by atoms with Gasteiger partial charge in [0.05, 0.1) is 10.4 Å². The molecule has 2 atom stereocenters. The van der Waals surface area contributed by atoms with Crippen LogP contribution >= 0.6 is 11.3 Å². The fourth-order valence-corrected chi connectivity index (χ4v) is 6.44. The minimum atomic E-state index is -3.73. The molecule has 1 aliphatic heterocycles. The summed E-state index contributed by atoms with van der Waals surface area (Å²) in [5, 5.41) is 2.52. The highest BCUT2D eigenvalue weighted by molar-refractivity contribution is 7.93. The highest BCUT2D eigenvalue weighted by atomic mass is 32.2. The van der Waals surface area contributed by atoms with Crippen molar-refractivity contribution in [1.82, 2.24) is 14.5 Å². The van der Waals surface area contributed by atoms with E-state index in [1.807, 2.05) is 6.92 Å². The van der Waals surface area contributed by atoms with Crippen LogP contribution in [0.1, 0.15) is 21.3 Å². The van der Waals surface area contributed by atoms with Gasteiger partial charge in [0.2, 0.25) is 5.91 Å². The van der Waals surface area contributed by atoms with Gasteiger partial charge < -0.3 is 14.4 Å². The summed E-state index contributed by atoms with van der Waals surface area (Å²) < 4.78 is 56.7. The van der Waals surface area contributed by atoms with Gasteiger partial charge in [-0.1, -0.05) is 0 Å². The lowest BCUT2D eigenvalue weighted by atomic mass is 10.1. The Bertz CT molecular complexity index is 1550. The quantitative estimate of drug-likeness (QED) is 0.378. The van der Waals surface area contributed by atoms with Crippen LogP contribution in [0.2, 0.25) is 0 Å². The minimum Gasteiger partial charge on any atom is -0.368 e. The molecule has 0 bridgehead atoms. The van der Waals surface area contributed by atoms with Crippen molar-refractivity contribution in [2.45, 2.75) is 30.8 Å². The molecule has 0 saturated carbocycles. The van der Waals surface area contributed by atoms with Crippen molar-refractivity contribution >= 4 is 49.0 Å². The molecule has 12 heteroatoms. The predicted molar refractivity (Wildman–Crippen MR) is 141 cm³/mol. The number of sulfonamides is 1. The van der Waals surface area contributed by atoms with Crippen LogP contribution in [0.25, 0.3) is 10.9 Å². The standard InChI is InChI=1S/C25H25F2N5O3S2.H2/c1-16-15-30(19-3-5-20(6-4-19)37(34,35)29-25-28-8-12-36-25)10-11-31(16)24(33)17(2)32-9-7-18-13-21(26)22(27)14-23(18)32;/h3-9,12-14,16-17H,10-11,15H2,1-2H3,(H,28,29);1H/t16-,17?;/m1./s1. The summed E-state index contributed by atoms with van der Waals surface area (Å²) in [6, 6.07) is 9.81. The summed E-state index contributed by atoms with van der Waals surface area (Å²) in [6.07, 6.45) is 3.20. The summed E-state index contributed by atoms with van der Waals surface area (Å²) in [7, 11) is -3.73. The van der Waals surface area contributed by atoms with Crippen LogP contribution in [0.3, 0.4) is 0 Å². The number of carbonyl (C=O) groups is 1. The number of benzene rings is 2. The molecule has 2 aromatic carbocycles. The maximum absolute atomic E-state index is 13.8. The van der Waals surface area contributed by atoms with Crippen molar-refractivity contribution < 1.29 is 23.4 Å². The Morgan fingerprint density at radius 3 is 2.57 bits per heavy atom. The number of aromatic nitrogens is 2. The normalized spacial score (nSPS) is 17.2. The first kappa shape index (κ1) is 25.2. The van der Waals surface area contributed by atoms with Crippen LogP contribution in [-0.4, -0.2) is 54.5 Å². The largest absolute Gasteiger partial charge is 0.368 e. The van der Waals surface area contributed by atoms with E-state index in [1.165, 1.54) is 17.5 Å².